The summed E-state index contributed by atoms with van der Waals surface area (Å²) in [4.78, 5) is 8.86. The fourth-order valence-electron chi connectivity index (χ4n) is 6.12. The molecule has 240 valence electrons. The molecule has 2 atom stereocenters. The molecule has 2 N–H and O–H groups in total. The Hall–Kier alpha value is -3.54. The summed E-state index contributed by atoms with van der Waals surface area (Å²) in [5.41, 5.74) is 7.10. The molecule has 1 saturated carbocycles. The minimum Gasteiger partial charge on any atom is -0.504 e. The zero-order valence-corrected chi connectivity index (χ0v) is 29.3. The molecule has 0 amide bonds. The van der Waals surface area contributed by atoms with Crippen LogP contribution < -0.4 is 9.80 Å². The zero-order valence-electron chi connectivity index (χ0n) is 26.9. The number of benzene rings is 4. The molecule has 5 nitrogen and oxygen atoms in total. The zero-order chi connectivity index (χ0) is 31.6. The Morgan fingerprint density at radius 2 is 1.50 bits per heavy atom. The second-order valence-electron chi connectivity index (χ2n) is 12.0. The summed E-state index contributed by atoms with van der Waals surface area (Å²) < 4.78 is 0. The topological polar surface area (TPSA) is 59.8 Å². The SMILES string of the molecule is CC(O)CC(C)O.CN1[CH-]N(c2[c-]cccc2)c2ccccc21.[Ir+3].[c-]1ccccc1-c1nccc2cc(C3CCCCC3)ccc12. The number of anilines is 3. The van der Waals surface area contributed by atoms with Gasteiger partial charge in [0, 0.05) is 17.6 Å². The number of rotatable bonds is 5. The van der Waals surface area contributed by atoms with Gasteiger partial charge in [0.15, 0.2) is 0 Å². The average Bonchev–Trinajstić information content (AvgIpc) is 3.41. The minimum absolute atomic E-state index is 0. The van der Waals surface area contributed by atoms with Gasteiger partial charge in [0.25, 0.3) is 0 Å². The Kier molecular flexibility index (Phi) is 13.4. The van der Waals surface area contributed by atoms with Gasteiger partial charge in [-0.05, 0) is 86.3 Å². The predicted molar refractivity (Wildman–Crippen MR) is 186 cm³/mol. The van der Waals surface area contributed by atoms with Crippen LogP contribution in [0.2, 0.25) is 0 Å². The van der Waals surface area contributed by atoms with E-state index in [2.05, 4.69) is 101 Å². The van der Waals surface area contributed by atoms with Gasteiger partial charge >= 0.3 is 20.1 Å². The van der Waals surface area contributed by atoms with Gasteiger partial charge in [-0.15, -0.1) is 41.6 Å². The van der Waals surface area contributed by atoms with Crippen molar-refractivity contribution in [3.8, 4) is 11.3 Å². The molecule has 2 unspecified atom stereocenters. The maximum atomic E-state index is 8.56. The first-order valence-electron chi connectivity index (χ1n) is 16.1. The van der Waals surface area contributed by atoms with Crippen molar-refractivity contribution in [2.24, 2.45) is 0 Å². The van der Waals surface area contributed by atoms with E-state index in [1.165, 1.54) is 59.8 Å². The van der Waals surface area contributed by atoms with E-state index in [1.54, 1.807) is 13.8 Å². The van der Waals surface area contributed by atoms with Crippen molar-refractivity contribution < 1.29 is 30.3 Å². The molecule has 2 aliphatic rings. The van der Waals surface area contributed by atoms with Crippen molar-refractivity contribution in [2.45, 2.75) is 70.5 Å². The number of pyridine rings is 1. The summed E-state index contributed by atoms with van der Waals surface area (Å²) >= 11 is 0. The fraction of sp³-hybridized carbons (Fsp3) is 0.300. The molecule has 46 heavy (non-hydrogen) atoms. The number of fused-ring (bicyclic) bond motifs is 2. The third-order valence-corrected chi connectivity index (χ3v) is 8.27. The summed E-state index contributed by atoms with van der Waals surface area (Å²) in [7, 11) is 2.06. The van der Waals surface area contributed by atoms with Gasteiger partial charge in [-0.25, -0.2) is 0 Å². The Labute approximate surface area is 288 Å². The minimum atomic E-state index is -0.375. The second-order valence-corrected chi connectivity index (χ2v) is 12.0. The molecule has 0 spiro atoms. The molecule has 1 fully saturated rings. The van der Waals surface area contributed by atoms with Crippen LogP contribution in [0.1, 0.15) is 63.9 Å². The summed E-state index contributed by atoms with van der Waals surface area (Å²) in [6, 6.07) is 40.0. The van der Waals surface area contributed by atoms with Crippen LogP contribution in [0.4, 0.5) is 17.1 Å². The van der Waals surface area contributed by atoms with E-state index in [0.29, 0.717) is 6.42 Å². The Bertz CT molecular complexity index is 1620. The van der Waals surface area contributed by atoms with Crippen molar-refractivity contribution in [3.63, 3.8) is 0 Å². The monoisotopic (exact) mass is 791 g/mol. The van der Waals surface area contributed by atoms with Crippen LogP contribution in [-0.4, -0.2) is 34.5 Å². The Morgan fingerprint density at radius 3 is 2.13 bits per heavy atom. The molecule has 0 bridgehead atoms. The molecule has 4 aromatic carbocycles. The summed E-state index contributed by atoms with van der Waals surface area (Å²) in [6.45, 7) is 5.40. The molecule has 1 aliphatic carbocycles. The van der Waals surface area contributed by atoms with E-state index >= 15 is 0 Å². The molecule has 0 radical (unpaired) electrons. The Morgan fingerprint density at radius 1 is 0.826 bits per heavy atom. The van der Waals surface area contributed by atoms with Crippen LogP contribution in [-0.2, 0) is 20.1 Å². The first-order valence-corrected chi connectivity index (χ1v) is 16.1. The van der Waals surface area contributed by atoms with Crippen LogP contribution in [0.15, 0.2) is 103 Å². The van der Waals surface area contributed by atoms with E-state index in [4.69, 9.17) is 10.2 Å². The standard InChI is InChI=1S/C21H20N.C14H12N2.C5H12O2.Ir/c1-3-7-16(8-4-1)18-11-12-20-19(15-18)13-14-22-21(20)17-9-5-2-6-10-17;1-15-11-16(12-7-3-2-4-8-12)14-10-6-5-9-13(14)15;1-4(6)3-5(2)7;/h2,5-6,9,11-16H,1,3-4,7-8H2;2-7,9-11H,1H3;4-7H,3H2,1-2H3;/q-1;-2;;+3. The van der Waals surface area contributed by atoms with Crippen LogP contribution in [0.5, 0.6) is 0 Å². The first kappa shape index (κ1) is 35.3. The van der Waals surface area contributed by atoms with Gasteiger partial charge in [-0.2, -0.15) is 37.0 Å². The number of para-hydroxylation sites is 3. The van der Waals surface area contributed by atoms with Crippen molar-refractivity contribution in [2.75, 3.05) is 16.8 Å². The van der Waals surface area contributed by atoms with E-state index in [9.17, 15) is 0 Å². The van der Waals surface area contributed by atoms with Gasteiger partial charge in [0.2, 0.25) is 0 Å². The number of aromatic nitrogens is 1. The predicted octanol–water partition coefficient (Wildman–Crippen LogP) is 9.08. The molecule has 1 aliphatic heterocycles. The molecule has 6 heteroatoms. The Balaban J connectivity index is 0.000000176. The largest absolute Gasteiger partial charge is 3.00 e. The number of nitrogens with zero attached hydrogens (tertiary/aromatic N) is 3. The average molecular weight is 791 g/mol. The second kappa shape index (κ2) is 17.4. The van der Waals surface area contributed by atoms with Crippen molar-refractivity contribution >= 4 is 27.8 Å². The maximum Gasteiger partial charge on any atom is 3.00 e. The summed E-state index contributed by atoms with van der Waals surface area (Å²) in [6.07, 6.45) is 8.49. The van der Waals surface area contributed by atoms with E-state index in [-0.39, 0.29) is 32.3 Å². The summed E-state index contributed by atoms with van der Waals surface area (Å²) in [5, 5.41) is 19.6. The molecular formula is C40H44IrN3O2. The third kappa shape index (κ3) is 9.26. The van der Waals surface area contributed by atoms with Crippen LogP contribution in [0, 0.1) is 18.8 Å². The fourth-order valence-corrected chi connectivity index (χ4v) is 6.12. The molecular weight excluding hydrogens is 747 g/mol. The van der Waals surface area contributed by atoms with Gasteiger partial charge in [0.05, 0.1) is 12.2 Å². The van der Waals surface area contributed by atoms with E-state index < -0.39 is 0 Å². The molecule has 0 saturated heterocycles. The van der Waals surface area contributed by atoms with Gasteiger partial charge in [-0.3, -0.25) is 0 Å². The third-order valence-electron chi connectivity index (χ3n) is 8.27. The molecule has 5 aromatic rings. The quantitative estimate of drug-likeness (QED) is 0.174. The smallest absolute Gasteiger partial charge is 0.504 e. The number of hydrogen-bond donors (Lipinski definition) is 2. The summed E-state index contributed by atoms with van der Waals surface area (Å²) in [5.74, 6) is 0.748. The van der Waals surface area contributed by atoms with Crippen LogP contribution in [0.3, 0.4) is 0 Å². The van der Waals surface area contributed by atoms with Crippen LogP contribution in [0.25, 0.3) is 22.0 Å². The van der Waals surface area contributed by atoms with Crippen molar-refractivity contribution in [3.05, 3.63) is 128 Å². The molecule has 1 aromatic heterocycles. The number of aliphatic hydroxyl groups is 2. The van der Waals surface area contributed by atoms with Crippen molar-refractivity contribution in [1.82, 2.24) is 4.98 Å². The number of hydrogen-bond acceptors (Lipinski definition) is 5. The van der Waals surface area contributed by atoms with Gasteiger partial charge in [-0.1, -0.05) is 49.6 Å². The first-order chi connectivity index (χ1) is 21.9. The van der Waals surface area contributed by atoms with Gasteiger partial charge in [0.1, 0.15) is 0 Å². The van der Waals surface area contributed by atoms with E-state index in [0.717, 1.165) is 22.9 Å². The van der Waals surface area contributed by atoms with Gasteiger partial charge < -0.3 is 25.0 Å². The molecule has 2 heterocycles. The maximum absolute atomic E-state index is 8.56. The van der Waals surface area contributed by atoms with Crippen LogP contribution >= 0.6 is 0 Å². The normalized spacial score (nSPS) is 15.4. The number of aliphatic hydroxyl groups excluding tert-OH is 2. The van der Waals surface area contributed by atoms with E-state index in [1.807, 2.05) is 42.6 Å². The molecule has 7 rings (SSSR count). The van der Waals surface area contributed by atoms with Crippen molar-refractivity contribution in [1.29, 1.82) is 0 Å².